The first kappa shape index (κ1) is 22.5. The highest BCUT2D eigenvalue weighted by Crippen LogP contribution is 2.29. The Kier molecular flexibility index (Phi) is 7.86. The predicted octanol–water partition coefficient (Wildman–Crippen LogP) is 2.75. The van der Waals surface area contributed by atoms with Crippen LogP contribution < -0.4 is 19.5 Å². The summed E-state index contributed by atoms with van der Waals surface area (Å²) in [6, 6.07) is 11.0. The van der Waals surface area contributed by atoms with Gasteiger partial charge in [-0.15, -0.1) is 0 Å². The van der Waals surface area contributed by atoms with E-state index in [1.54, 1.807) is 37.3 Å². The highest BCUT2D eigenvalue weighted by molar-refractivity contribution is 7.89. The quantitative estimate of drug-likeness (QED) is 0.633. The number of anilines is 1. The Balaban J connectivity index is 2.14. The number of ether oxygens (including phenoxy) is 3. The third-order valence-corrected chi connectivity index (χ3v) is 6.06. The van der Waals surface area contributed by atoms with Gasteiger partial charge >= 0.3 is 0 Å². The van der Waals surface area contributed by atoms with Crippen LogP contribution in [0.1, 0.15) is 13.8 Å². The van der Waals surface area contributed by atoms with Crippen LogP contribution in [-0.2, 0) is 14.8 Å². The zero-order chi connectivity index (χ0) is 21.4. The van der Waals surface area contributed by atoms with Gasteiger partial charge < -0.3 is 19.5 Å². The Morgan fingerprint density at radius 2 is 1.66 bits per heavy atom. The summed E-state index contributed by atoms with van der Waals surface area (Å²) < 4.78 is 42.6. The van der Waals surface area contributed by atoms with Crippen LogP contribution in [-0.4, -0.2) is 52.5 Å². The average molecular weight is 423 g/mol. The van der Waals surface area contributed by atoms with Crippen LogP contribution in [0.3, 0.4) is 0 Å². The lowest BCUT2D eigenvalue weighted by Crippen LogP contribution is -2.37. The second-order valence-electron chi connectivity index (χ2n) is 5.95. The number of benzene rings is 2. The number of hydrogen-bond donors (Lipinski definition) is 1. The van der Waals surface area contributed by atoms with E-state index in [2.05, 4.69) is 5.32 Å². The lowest BCUT2D eigenvalue weighted by molar-refractivity contribution is -0.116. The number of amides is 1. The maximum absolute atomic E-state index is 12.9. The lowest BCUT2D eigenvalue weighted by atomic mass is 10.2. The first-order valence-electron chi connectivity index (χ1n) is 9.10. The Hall–Kier alpha value is -2.78. The summed E-state index contributed by atoms with van der Waals surface area (Å²) in [7, 11) is -0.834. The van der Waals surface area contributed by atoms with E-state index in [4.69, 9.17) is 14.2 Å². The molecule has 0 aliphatic heterocycles. The zero-order valence-electron chi connectivity index (χ0n) is 17.0. The van der Waals surface area contributed by atoms with Crippen LogP contribution in [0.25, 0.3) is 0 Å². The zero-order valence-corrected chi connectivity index (χ0v) is 17.8. The summed E-state index contributed by atoms with van der Waals surface area (Å²) in [6.07, 6.45) is 0. The summed E-state index contributed by atoms with van der Waals surface area (Å²) in [6.45, 7) is 3.82. The predicted molar refractivity (Wildman–Crippen MR) is 110 cm³/mol. The summed E-state index contributed by atoms with van der Waals surface area (Å²) in [4.78, 5) is 12.6. The molecular formula is C20H26N2O6S. The largest absolute Gasteiger partial charge is 0.497 e. The van der Waals surface area contributed by atoms with E-state index >= 15 is 0 Å². The molecular weight excluding hydrogens is 396 g/mol. The van der Waals surface area contributed by atoms with Crippen LogP contribution in [0, 0.1) is 0 Å². The maximum atomic E-state index is 12.9. The van der Waals surface area contributed by atoms with E-state index in [0.717, 1.165) is 4.31 Å². The molecule has 158 valence electrons. The summed E-state index contributed by atoms with van der Waals surface area (Å²) in [5.41, 5.74) is 0.424. The molecule has 0 aliphatic rings. The third-order valence-electron chi connectivity index (χ3n) is 4.13. The van der Waals surface area contributed by atoms with Gasteiger partial charge in [0.15, 0.2) is 0 Å². The maximum Gasteiger partial charge on any atom is 0.243 e. The second-order valence-corrected chi connectivity index (χ2v) is 7.89. The minimum absolute atomic E-state index is 0.0950. The fourth-order valence-electron chi connectivity index (χ4n) is 2.64. The van der Waals surface area contributed by atoms with Gasteiger partial charge in [0.1, 0.15) is 17.2 Å². The SMILES string of the molecule is CCOc1ccc(S(=O)(=O)N(CC)CC(=O)Nc2ccc(OC)cc2OC)cc1. The second kappa shape index (κ2) is 10.1. The van der Waals surface area contributed by atoms with Crippen LogP contribution in [0.4, 0.5) is 5.69 Å². The van der Waals surface area contributed by atoms with Crippen LogP contribution >= 0.6 is 0 Å². The number of nitrogens with one attached hydrogen (secondary N) is 1. The highest BCUT2D eigenvalue weighted by Gasteiger charge is 2.25. The molecule has 9 heteroatoms. The molecule has 1 N–H and O–H groups in total. The molecule has 2 aromatic carbocycles. The minimum Gasteiger partial charge on any atom is -0.497 e. The molecule has 0 saturated heterocycles. The van der Waals surface area contributed by atoms with Gasteiger partial charge in [0.25, 0.3) is 0 Å². The third kappa shape index (κ3) is 5.61. The van der Waals surface area contributed by atoms with Crippen LogP contribution in [0.2, 0.25) is 0 Å². The molecule has 0 unspecified atom stereocenters. The molecule has 0 spiro atoms. The van der Waals surface area contributed by atoms with Gasteiger partial charge in [-0.05, 0) is 43.3 Å². The van der Waals surface area contributed by atoms with Gasteiger partial charge in [-0.25, -0.2) is 8.42 Å². The monoisotopic (exact) mass is 422 g/mol. The standard InChI is InChI=1S/C20H26N2O6S/c1-5-22(29(24,25)17-10-7-15(8-11-17)28-6-2)14-20(23)21-18-12-9-16(26-3)13-19(18)27-4/h7-13H,5-6,14H2,1-4H3,(H,21,23). The molecule has 0 aliphatic carbocycles. The minimum atomic E-state index is -3.83. The number of likely N-dealkylation sites (N-methyl/N-ethyl adjacent to an activating group) is 1. The molecule has 0 saturated carbocycles. The van der Waals surface area contributed by atoms with E-state index in [1.165, 1.54) is 26.4 Å². The van der Waals surface area contributed by atoms with Gasteiger partial charge in [0.05, 0.1) is 38.0 Å². The van der Waals surface area contributed by atoms with Gasteiger partial charge in [-0.1, -0.05) is 6.92 Å². The Morgan fingerprint density at radius 3 is 2.21 bits per heavy atom. The number of carbonyl (C=O) groups is 1. The van der Waals surface area contributed by atoms with Crippen molar-refractivity contribution in [2.45, 2.75) is 18.7 Å². The van der Waals surface area contributed by atoms with Crippen molar-refractivity contribution in [3.63, 3.8) is 0 Å². The molecule has 2 aromatic rings. The smallest absolute Gasteiger partial charge is 0.243 e. The van der Waals surface area contributed by atoms with Crippen molar-refractivity contribution in [1.82, 2.24) is 4.31 Å². The van der Waals surface area contributed by atoms with Gasteiger partial charge in [0, 0.05) is 12.6 Å². The Morgan fingerprint density at radius 1 is 1.00 bits per heavy atom. The Labute approximate surface area is 171 Å². The van der Waals surface area contributed by atoms with Crippen LogP contribution in [0.5, 0.6) is 17.2 Å². The van der Waals surface area contributed by atoms with E-state index in [1.807, 2.05) is 6.92 Å². The van der Waals surface area contributed by atoms with Gasteiger partial charge in [-0.2, -0.15) is 4.31 Å². The summed E-state index contributed by atoms with van der Waals surface area (Å²) in [5, 5.41) is 2.68. The fraction of sp³-hybridized carbons (Fsp3) is 0.350. The van der Waals surface area contributed by atoms with Crippen molar-refractivity contribution in [3.8, 4) is 17.2 Å². The van der Waals surface area contributed by atoms with Gasteiger partial charge in [0.2, 0.25) is 15.9 Å². The molecule has 29 heavy (non-hydrogen) atoms. The van der Waals surface area contributed by atoms with Crippen molar-refractivity contribution in [1.29, 1.82) is 0 Å². The molecule has 1 amide bonds. The van der Waals surface area contributed by atoms with Crippen molar-refractivity contribution < 1.29 is 27.4 Å². The Bertz CT molecular complexity index is 928. The highest BCUT2D eigenvalue weighted by atomic mass is 32.2. The average Bonchev–Trinajstić information content (AvgIpc) is 2.72. The lowest BCUT2D eigenvalue weighted by Gasteiger charge is -2.20. The molecule has 0 aromatic heterocycles. The topological polar surface area (TPSA) is 94.2 Å². The number of sulfonamides is 1. The summed E-state index contributed by atoms with van der Waals surface area (Å²) in [5.74, 6) is 1.09. The van der Waals surface area contributed by atoms with E-state index in [-0.39, 0.29) is 18.0 Å². The van der Waals surface area contributed by atoms with E-state index in [9.17, 15) is 13.2 Å². The number of rotatable bonds is 10. The first-order chi connectivity index (χ1) is 13.8. The van der Waals surface area contributed by atoms with Crippen LogP contribution in [0.15, 0.2) is 47.4 Å². The van der Waals surface area contributed by atoms with E-state index in [0.29, 0.717) is 29.5 Å². The number of hydrogen-bond acceptors (Lipinski definition) is 6. The van der Waals surface area contributed by atoms with Crippen molar-refractivity contribution in [3.05, 3.63) is 42.5 Å². The normalized spacial score (nSPS) is 11.2. The van der Waals surface area contributed by atoms with Gasteiger partial charge in [-0.3, -0.25) is 4.79 Å². The number of carbonyl (C=O) groups excluding carboxylic acids is 1. The molecule has 0 heterocycles. The first-order valence-corrected chi connectivity index (χ1v) is 10.5. The van der Waals surface area contributed by atoms with Crippen molar-refractivity contribution >= 4 is 21.6 Å². The molecule has 2 rings (SSSR count). The number of methoxy groups -OCH3 is 2. The van der Waals surface area contributed by atoms with E-state index < -0.39 is 15.9 Å². The molecule has 0 radical (unpaired) electrons. The molecule has 0 bridgehead atoms. The molecule has 0 fully saturated rings. The molecule has 8 nitrogen and oxygen atoms in total. The van der Waals surface area contributed by atoms with Crippen molar-refractivity contribution in [2.24, 2.45) is 0 Å². The molecule has 0 atom stereocenters. The van der Waals surface area contributed by atoms with Crippen molar-refractivity contribution in [2.75, 3.05) is 39.2 Å². The summed E-state index contributed by atoms with van der Waals surface area (Å²) >= 11 is 0. The number of nitrogens with zero attached hydrogens (tertiary/aromatic N) is 1. The fourth-order valence-corrected chi connectivity index (χ4v) is 4.05.